The monoisotopic (exact) mass is 519 g/mol. The number of benzene rings is 2. The van der Waals surface area contributed by atoms with Gasteiger partial charge in [-0.25, -0.2) is 9.69 Å². The van der Waals surface area contributed by atoms with Gasteiger partial charge < -0.3 is 4.57 Å². The van der Waals surface area contributed by atoms with Crippen LogP contribution in [-0.2, 0) is 9.59 Å². The van der Waals surface area contributed by atoms with E-state index in [1.807, 2.05) is 56.3 Å². The van der Waals surface area contributed by atoms with Crippen LogP contribution in [0.1, 0.15) is 48.7 Å². The Labute approximate surface area is 207 Å². The summed E-state index contributed by atoms with van der Waals surface area (Å²) in [7, 11) is 0. The van der Waals surface area contributed by atoms with Crippen molar-refractivity contribution in [2.75, 3.05) is 4.90 Å². The molecule has 0 bridgehead atoms. The summed E-state index contributed by atoms with van der Waals surface area (Å²) in [6.07, 6.45) is 2.55. The molecule has 174 valence electrons. The summed E-state index contributed by atoms with van der Waals surface area (Å²) in [6.45, 7) is 8.13. The number of hydrogen-bond donors (Lipinski definition) is 1. The van der Waals surface area contributed by atoms with Crippen molar-refractivity contribution < 1.29 is 14.4 Å². The number of carbonyl (C=O) groups excluding carboxylic acids is 3. The highest BCUT2D eigenvalue weighted by atomic mass is 79.9. The number of carbonyl (C=O) groups is 3. The van der Waals surface area contributed by atoms with Gasteiger partial charge in [-0.05, 0) is 85.9 Å². The zero-order valence-corrected chi connectivity index (χ0v) is 21.1. The van der Waals surface area contributed by atoms with E-state index in [1.54, 1.807) is 18.2 Å². The van der Waals surface area contributed by atoms with Crippen LogP contribution in [0, 0.1) is 13.8 Å². The third kappa shape index (κ3) is 4.35. The predicted octanol–water partition coefficient (Wildman–Crippen LogP) is 6.04. The van der Waals surface area contributed by atoms with E-state index in [-0.39, 0.29) is 5.57 Å². The number of nitrogens with one attached hydrogen (secondary N) is 1. The molecule has 0 saturated carbocycles. The molecule has 1 unspecified atom stereocenters. The van der Waals surface area contributed by atoms with Gasteiger partial charge in [0, 0.05) is 21.5 Å². The lowest BCUT2D eigenvalue weighted by molar-refractivity contribution is -0.122. The topological polar surface area (TPSA) is 71.4 Å². The van der Waals surface area contributed by atoms with Crippen LogP contribution in [0.15, 0.2) is 64.6 Å². The molecule has 34 heavy (non-hydrogen) atoms. The zero-order valence-electron chi connectivity index (χ0n) is 19.6. The second-order valence-electron chi connectivity index (χ2n) is 8.50. The Morgan fingerprint density at radius 2 is 1.59 bits per heavy atom. The molecular weight excluding hydrogens is 494 g/mol. The van der Waals surface area contributed by atoms with Gasteiger partial charge in [-0.1, -0.05) is 41.9 Å². The van der Waals surface area contributed by atoms with Gasteiger partial charge in [-0.3, -0.25) is 14.9 Å². The molecule has 1 aliphatic heterocycles. The van der Waals surface area contributed by atoms with Crippen LogP contribution >= 0.6 is 15.9 Å². The number of hydrogen-bond acceptors (Lipinski definition) is 3. The highest BCUT2D eigenvalue weighted by Crippen LogP contribution is 2.28. The molecule has 1 atom stereocenters. The Morgan fingerprint density at radius 3 is 2.21 bits per heavy atom. The summed E-state index contributed by atoms with van der Waals surface area (Å²) in [5, 5.41) is 2.30. The van der Waals surface area contributed by atoms with E-state index >= 15 is 0 Å². The Balaban J connectivity index is 1.70. The molecule has 1 aliphatic rings. The van der Waals surface area contributed by atoms with E-state index in [0.29, 0.717) is 11.6 Å². The molecule has 1 fully saturated rings. The zero-order chi connectivity index (χ0) is 24.6. The highest BCUT2D eigenvalue weighted by molar-refractivity contribution is 9.10. The van der Waals surface area contributed by atoms with Crippen LogP contribution in [0.3, 0.4) is 0 Å². The number of nitrogens with zero attached hydrogens (tertiary/aromatic N) is 2. The van der Waals surface area contributed by atoms with Gasteiger partial charge in [0.2, 0.25) is 0 Å². The molecule has 3 aromatic rings. The van der Waals surface area contributed by atoms with Crippen LogP contribution in [-0.4, -0.2) is 22.4 Å². The largest absolute Gasteiger partial charge is 0.335 e. The van der Waals surface area contributed by atoms with Gasteiger partial charge >= 0.3 is 6.03 Å². The minimum Gasteiger partial charge on any atom is -0.318 e. The van der Waals surface area contributed by atoms with E-state index in [2.05, 4.69) is 39.7 Å². The van der Waals surface area contributed by atoms with Crippen molar-refractivity contribution in [1.82, 2.24) is 9.88 Å². The maximum absolute atomic E-state index is 13.3. The van der Waals surface area contributed by atoms with Crippen LogP contribution in [0.2, 0.25) is 0 Å². The molecule has 0 aliphatic carbocycles. The number of anilines is 1. The Hall–Kier alpha value is -3.45. The maximum atomic E-state index is 13.3. The summed E-state index contributed by atoms with van der Waals surface area (Å²) >= 11 is 3.45. The number of rotatable bonds is 5. The van der Waals surface area contributed by atoms with E-state index in [1.165, 1.54) is 0 Å². The smallest absolute Gasteiger partial charge is 0.318 e. The van der Waals surface area contributed by atoms with Crippen molar-refractivity contribution in [1.29, 1.82) is 0 Å². The van der Waals surface area contributed by atoms with Crippen LogP contribution in [0.4, 0.5) is 10.5 Å². The van der Waals surface area contributed by atoms with Crippen molar-refractivity contribution in [2.24, 2.45) is 0 Å². The number of halogens is 1. The fraction of sp³-hybridized carbons (Fsp3) is 0.222. The minimum atomic E-state index is -0.747. The molecule has 1 N–H and O–H groups in total. The summed E-state index contributed by atoms with van der Waals surface area (Å²) < 4.78 is 3.04. The van der Waals surface area contributed by atoms with Gasteiger partial charge in [0.25, 0.3) is 11.8 Å². The van der Waals surface area contributed by atoms with Gasteiger partial charge in [0.05, 0.1) is 5.69 Å². The quantitative estimate of drug-likeness (QED) is 0.330. The summed E-state index contributed by atoms with van der Waals surface area (Å²) in [5.74, 6) is -0.965. The van der Waals surface area contributed by atoms with Gasteiger partial charge in [0.1, 0.15) is 5.57 Å². The molecule has 1 saturated heterocycles. The Bertz CT molecular complexity index is 1300. The standard InChI is InChI=1S/C27H26BrN3O3/c1-5-16(2)19-6-10-23(11-7-19)31-26(33)24(25(32)29-27(31)34)15-20-14-17(3)30(18(20)4)22-12-8-21(28)9-13-22/h6-16H,5H2,1-4H3,(H,29,32,34)/b24-15-. The van der Waals surface area contributed by atoms with Gasteiger partial charge in [0.15, 0.2) is 0 Å². The molecule has 7 heteroatoms. The molecule has 4 rings (SSSR count). The van der Waals surface area contributed by atoms with Crippen molar-refractivity contribution >= 4 is 45.5 Å². The number of aromatic nitrogens is 1. The molecular formula is C27H26BrN3O3. The molecule has 2 heterocycles. The van der Waals surface area contributed by atoms with Crippen LogP contribution in [0.25, 0.3) is 11.8 Å². The lowest BCUT2D eigenvalue weighted by Crippen LogP contribution is -2.54. The maximum Gasteiger partial charge on any atom is 0.335 e. The van der Waals surface area contributed by atoms with Gasteiger partial charge in [-0.2, -0.15) is 0 Å². The van der Waals surface area contributed by atoms with E-state index in [9.17, 15) is 14.4 Å². The van der Waals surface area contributed by atoms with Crippen LogP contribution in [0.5, 0.6) is 0 Å². The second kappa shape index (κ2) is 9.43. The number of imide groups is 2. The van der Waals surface area contributed by atoms with E-state index < -0.39 is 17.8 Å². The highest BCUT2D eigenvalue weighted by Gasteiger charge is 2.37. The van der Waals surface area contributed by atoms with E-state index in [4.69, 9.17) is 0 Å². The molecule has 0 radical (unpaired) electrons. The van der Waals surface area contributed by atoms with Crippen molar-refractivity contribution in [3.05, 3.63) is 87.2 Å². The Kier molecular flexibility index (Phi) is 6.57. The first-order valence-corrected chi connectivity index (χ1v) is 12.0. The van der Waals surface area contributed by atoms with Crippen molar-refractivity contribution in [3.8, 4) is 5.69 Å². The molecule has 2 aromatic carbocycles. The number of urea groups is 1. The van der Waals surface area contributed by atoms with Crippen LogP contribution < -0.4 is 10.2 Å². The first-order valence-electron chi connectivity index (χ1n) is 11.2. The van der Waals surface area contributed by atoms with Crippen molar-refractivity contribution in [3.63, 3.8) is 0 Å². The summed E-state index contributed by atoms with van der Waals surface area (Å²) in [4.78, 5) is 39.5. The molecule has 4 amide bonds. The second-order valence-corrected chi connectivity index (χ2v) is 9.41. The number of amides is 4. The lowest BCUT2D eigenvalue weighted by Gasteiger charge is -2.26. The molecule has 1 aromatic heterocycles. The average molecular weight is 520 g/mol. The third-order valence-electron chi connectivity index (χ3n) is 6.29. The van der Waals surface area contributed by atoms with E-state index in [0.717, 1.165) is 44.0 Å². The molecule has 6 nitrogen and oxygen atoms in total. The number of barbiturate groups is 1. The van der Waals surface area contributed by atoms with Crippen molar-refractivity contribution in [2.45, 2.75) is 40.0 Å². The molecule has 0 spiro atoms. The SMILES string of the molecule is CCC(C)c1ccc(N2C(=O)NC(=O)/C(=C/c3cc(C)n(-c4ccc(Br)cc4)c3C)C2=O)cc1. The first kappa shape index (κ1) is 23.7. The predicted molar refractivity (Wildman–Crippen MR) is 137 cm³/mol. The third-order valence-corrected chi connectivity index (χ3v) is 6.82. The minimum absolute atomic E-state index is 0.0818. The Morgan fingerprint density at radius 1 is 0.971 bits per heavy atom. The lowest BCUT2D eigenvalue weighted by atomic mass is 9.98. The number of aryl methyl sites for hydroxylation is 1. The average Bonchev–Trinajstić information content (AvgIpc) is 3.09. The summed E-state index contributed by atoms with van der Waals surface area (Å²) in [5.41, 5.74) is 5.03. The normalized spacial score (nSPS) is 16.2. The fourth-order valence-electron chi connectivity index (χ4n) is 4.16. The first-order chi connectivity index (χ1) is 16.2. The fourth-order valence-corrected chi connectivity index (χ4v) is 4.42. The van der Waals surface area contributed by atoms with Gasteiger partial charge in [-0.15, -0.1) is 0 Å². The summed E-state index contributed by atoms with van der Waals surface area (Å²) in [6, 6.07) is 16.4.